The van der Waals surface area contributed by atoms with Gasteiger partial charge in [0.1, 0.15) is 11.4 Å². The van der Waals surface area contributed by atoms with Crippen LogP contribution in [-0.4, -0.2) is 46.1 Å². The molecular formula is C16H17F3N4O2. The maximum Gasteiger partial charge on any atom is 0.416 e. The number of benzene rings is 1. The zero-order valence-electron chi connectivity index (χ0n) is 13.7. The summed E-state index contributed by atoms with van der Waals surface area (Å²) in [4.78, 5) is 6.32. The molecule has 25 heavy (non-hydrogen) atoms. The molecule has 2 heterocycles. The van der Waals surface area contributed by atoms with Crippen LogP contribution in [0.1, 0.15) is 18.2 Å². The van der Waals surface area contributed by atoms with Gasteiger partial charge in [-0.15, -0.1) is 10.2 Å². The maximum absolute atomic E-state index is 12.7. The van der Waals surface area contributed by atoms with Crippen molar-refractivity contribution in [1.82, 2.24) is 15.2 Å². The normalized spacial score (nSPS) is 18.4. The molecule has 1 atom stereocenters. The molecule has 0 aliphatic carbocycles. The average Bonchev–Trinajstić information content (AvgIpc) is 2.54. The highest BCUT2D eigenvalue weighted by atomic mass is 19.4. The summed E-state index contributed by atoms with van der Waals surface area (Å²) in [5, 5.41) is 18.1. The van der Waals surface area contributed by atoms with Crippen molar-refractivity contribution in [3.05, 3.63) is 29.5 Å². The molecule has 0 spiro atoms. The van der Waals surface area contributed by atoms with Gasteiger partial charge in [-0.25, -0.2) is 4.98 Å². The molecule has 0 amide bonds. The second-order valence-electron chi connectivity index (χ2n) is 5.90. The van der Waals surface area contributed by atoms with E-state index in [1.54, 1.807) is 6.92 Å². The summed E-state index contributed by atoms with van der Waals surface area (Å²) in [5.74, 6) is -0.0791. The number of aryl methyl sites for hydroxylation is 1. The Morgan fingerprint density at radius 1 is 1.28 bits per heavy atom. The van der Waals surface area contributed by atoms with Gasteiger partial charge in [0.25, 0.3) is 0 Å². The van der Waals surface area contributed by atoms with Crippen molar-refractivity contribution in [3.8, 4) is 17.0 Å². The van der Waals surface area contributed by atoms with Gasteiger partial charge >= 0.3 is 6.18 Å². The Hall–Kier alpha value is -2.42. The van der Waals surface area contributed by atoms with E-state index < -0.39 is 17.5 Å². The summed E-state index contributed by atoms with van der Waals surface area (Å²) >= 11 is 0. The first kappa shape index (κ1) is 17.4. The van der Waals surface area contributed by atoms with Crippen LogP contribution in [0.15, 0.2) is 18.2 Å². The third-order valence-electron chi connectivity index (χ3n) is 3.95. The van der Waals surface area contributed by atoms with E-state index in [2.05, 4.69) is 15.2 Å². The standard InChI is InChI=1S/C16H17F3N4O2/c1-9-8-23(5-6-25-9)15-20-10(2)14(21-22-15)12-4-3-11(7-13(12)24)16(17,18)19/h3-4,7,9,24H,5-6,8H2,1-2H3/t9-/m1/s1. The molecule has 0 radical (unpaired) electrons. The van der Waals surface area contributed by atoms with Crippen molar-refractivity contribution >= 4 is 5.95 Å². The van der Waals surface area contributed by atoms with Crippen LogP contribution in [0.25, 0.3) is 11.3 Å². The molecule has 1 aliphatic heterocycles. The fourth-order valence-corrected chi connectivity index (χ4v) is 2.68. The van der Waals surface area contributed by atoms with Crippen molar-refractivity contribution in [1.29, 1.82) is 0 Å². The second-order valence-corrected chi connectivity index (χ2v) is 5.90. The fourth-order valence-electron chi connectivity index (χ4n) is 2.68. The van der Waals surface area contributed by atoms with Gasteiger partial charge < -0.3 is 14.7 Å². The summed E-state index contributed by atoms with van der Waals surface area (Å²) in [5.41, 5.74) is -0.0471. The molecule has 3 rings (SSSR count). The first-order valence-electron chi connectivity index (χ1n) is 7.74. The van der Waals surface area contributed by atoms with Gasteiger partial charge in [-0.05, 0) is 32.0 Å². The predicted octanol–water partition coefficient (Wildman–Crippen LogP) is 2.80. The largest absolute Gasteiger partial charge is 0.507 e. The van der Waals surface area contributed by atoms with E-state index in [-0.39, 0.29) is 17.4 Å². The molecule has 6 nitrogen and oxygen atoms in total. The van der Waals surface area contributed by atoms with Gasteiger partial charge in [0.05, 0.1) is 24.0 Å². The van der Waals surface area contributed by atoms with Crippen LogP contribution in [0.2, 0.25) is 0 Å². The fraction of sp³-hybridized carbons (Fsp3) is 0.438. The summed E-state index contributed by atoms with van der Waals surface area (Å²) in [6.45, 7) is 5.45. The molecule has 0 saturated carbocycles. The number of ether oxygens (including phenoxy) is 1. The molecule has 1 aliphatic rings. The molecule has 1 N–H and O–H groups in total. The minimum Gasteiger partial charge on any atom is -0.507 e. The lowest BCUT2D eigenvalue weighted by Gasteiger charge is -2.30. The second kappa shape index (κ2) is 6.47. The first-order valence-corrected chi connectivity index (χ1v) is 7.74. The molecule has 0 unspecified atom stereocenters. The van der Waals surface area contributed by atoms with Gasteiger partial charge in [0.2, 0.25) is 5.95 Å². The van der Waals surface area contributed by atoms with Crippen LogP contribution in [0.4, 0.5) is 19.1 Å². The van der Waals surface area contributed by atoms with Crippen LogP contribution in [-0.2, 0) is 10.9 Å². The van der Waals surface area contributed by atoms with Gasteiger partial charge in [-0.2, -0.15) is 13.2 Å². The monoisotopic (exact) mass is 354 g/mol. The van der Waals surface area contributed by atoms with Crippen LogP contribution >= 0.6 is 0 Å². The SMILES string of the molecule is Cc1nc(N2CCO[C@H](C)C2)nnc1-c1ccc(C(F)(F)F)cc1O. The molecule has 1 fully saturated rings. The van der Waals surface area contributed by atoms with Gasteiger partial charge in [-0.3, -0.25) is 0 Å². The van der Waals surface area contributed by atoms with Gasteiger partial charge in [0.15, 0.2) is 0 Å². The summed E-state index contributed by atoms with van der Waals surface area (Å²) < 4.78 is 43.6. The third-order valence-corrected chi connectivity index (χ3v) is 3.95. The average molecular weight is 354 g/mol. The lowest BCUT2D eigenvalue weighted by atomic mass is 10.1. The minimum atomic E-state index is -4.52. The Labute approximate surface area is 142 Å². The summed E-state index contributed by atoms with van der Waals surface area (Å²) in [6, 6.07) is 2.75. The first-order chi connectivity index (χ1) is 11.8. The van der Waals surface area contributed by atoms with Crippen LogP contribution in [0.3, 0.4) is 0 Å². The zero-order valence-corrected chi connectivity index (χ0v) is 13.7. The molecule has 1 aromatic heterocycles. The zero-order chi connectivity index (χ0) is 18.2. The molecule has 2 aromatic rings. The Morgan fingerprint density at radius 2 is 2.04 bits per heavy atom. The smallest absolute Gasteiger partial charge is 0.416 e. The van der Waals surface area contributed by atoms with Crippen LogP contribution in [0, 0.1) is 6.92 Å². The number of alkyl halides is 3. The van der Waals surface area contributed by atoms with E-state index in [0.29, 0.717) is 37.4 Å². The number of hydrogen-bond donors (Lipinski definition) is 1. The Kier molecular flexibility index (Phi) is 4.51. The molecule has 0 bridgehead atoms. The minimum absolute atomic E-state index is 0.0521. The predicted molar refractivity (Wildman–Crippen MR) is 84.3 cm³/mol. The number of phenolic OH excluding ortho intramolecular Hbond substituents is 1. The number of hydrogen-bond acceptors (Lipinski definition) is 6. The number of morpholine rings is 1. The molecule has 9 heteroatoms. The van der Waals surface area contributed by atoms with E-state index in [1.165, 1.54) is 6.07 Å². The molecule has 1 aromatic carbocycles. The Bertz CT molecular complexity index is 782. The summed E-state index contributed by atoms with van der Waals surface area (Å²) in [7, 11) is 0. The quantitative estimate of drug-likeness (QED) is 0.894. The van der Waals surface area contributed by atoms with E-state index in [4.69, 9.17) is 4.74 Å². The number of rotatable bonds is 2. The molecular weight excluding hydrogens is 337 g/mol. The van der Waals surface area contributed by atoms with E-state index in [0.717, 1.165) is 6.07 Å². The lowest BCUT2D eigenvalue weighted by Crippen LogP contribution is -2.42. The number of phenols is 1. The molecule has 1 saturated heterocycles. The number of anilines is 1. The van der Waals surface area contributed by atoms with E-state index in [9.17, 15) is 18.3 Å². The van der Waals surface area contributed by atoms with E-state index in [1.807, 2.05) is 11.8 Å². The maximum atomic E-state index is 12.7. The van der Waals surface area contributed by atoms with Gasteiger partial charge in [0, 0.05) is 18.7 Å². The van der Waals surface area contributed by atoms with Crippen molar-refractivity contribution in [3.63, 3.8) is 0 Å². The highest BCUT2D eigenvalue weighted by Crippen LogP contribution is 2.36. The highest BCUT2D eigenvalue weighted by molar-refractivity contribution is 5.69. The number of nitrogens with zero attached hydrogens (tertiary/aromatic N) is 4. The topological polar surface area (TPSA) is 71.4 Å². The van der Waals surface area contributed by atoms with Crippen molar-refractivity contribution < 1.29 is 23.0 Å². The highest BCUT2D eigenvalue weighted by Gasteiger charge is 2.31. The lowest BCUT2D eigenvalue weighted by molar-refractivity contribution is -0.137. The van der Waals surface area contributed by atoms with E-state index >= 15 is 0 Å². The summed E-state index contributed by atoms with van der Waals surface area (Å²) in [6.07, 6.45) is -4.47. The van der Waals surface area contributed by atoms with Gasteiger partial charge in [-0.1, -0.05) is 0 Å². The van der Waals surface area contributed by atoms with Crippen LogP contribution < -0.4 is 4.90 Å². The molecule has 134 valence electrons. The number of aromatic hydroxyl groups is 1. The number of halogens is 3. The van der Waals surface area contributed by atoms with Crippen molar-refractivity contribution in [2.24, 2.45) is 0 Å². The van der Waals surface area contributed by atoms with Crippen LogP contribution in [0.5, 0.6) is 5.75 Å². The Balaban J connectivity index is 1.91. The Morgan fingerprint density at radius 3 is 2.64 bits per heavy atom. The number of aromatic nitrogens is 3. The third kappa shape index (κ3) is 3.65. The van der Waals surface area contributed by atoms with Crippen molar-refractivity contribution in [2.75, 3.05) is 24.6 Å². The van der Waals surface area contributed by atoms with Crippen molar-refractivity contribution in [2.45, 2.75) is 26.1 Å².